The number of halogens is 1. The number of hydrogen-bond donors (Lipinski definition) is 0. The zero-order valence-corrected chi connectivity index (χ0v) is 8.00. The predicted octanol–water partition coefficient (Wildman–Crippen LogP) is 1.68. The average Bonchev–Trinajstić information content (AvgIpc) is 2.25. The van der Waals surface area contributed by atoms with Gasteiger partial charge in [-0.3, -0.25) is 4.98 Å². The minimum atomic E-state index is -3.09. The summed E-state index contributed by atoms with van der Waals surface area (Å²) in [6, 6.07) is 1.41. The summed E-state index contributed by atoms with van der Waals surface area (Å²) in [6.45, 7) is -5.37. The number of nitrogens with zero attached hydrogens (tertiary/aromatic N) is 2. The van der Waals surface area contributed by atoms with E-state index in [2.05, 4.69) is 25.7 Å². The maximum atomic E-state index is 7.87. The summed E-state index contributed by atoms with van der Waals surface area (Å²) >= 11 is 3.13. The second-order valence-electron chi connectivity index (χ2n) is 2.35. The number of pyridine rings is 1. The van der Waals surface area contributed by atoms with Crippen LogP contribution in [0.25, 0.3) is 0 Å². The third-order valence-electron chi connectivity index (χ3n) is 1.48. The molecule has 4 heteroatoms. The first-order chi connectivity index (χ1) is 9.33. The van der Waals surface area contributed by atoms with Crippen LogP contribution in [0.2, 0.25) is 0 Å². The zero-order valence-electron chi connectivity index (χ0n) is 14.4. The van der Waals surface area contributed by atoms with E-state index in [0.717, 1.165) is 0 Å². The van der Waals surface area contributed by atoms with Crippen molar-refractivity contribution in [1.82, 2.24) is 4.98 Å². The number of hydrogen-bond acceptors (Lipinski definition) is 3. The number of rotatable bonds is 2. The molecule has 0 bridgehead atoms. The van der Waals surface area contributed by atoms with E-state index in [0.29, 0.717) is 9.37 Å². The first-order valence-electron chi connectivity index (χ1n) is 7.44. The summed E-state index contributed by atoms with van der Waals surface area (Å²) in [7, 11) is -3.09. The fraction of sp³-hybridized carbons (Fsp3) is 0.444. The van der Waals surface area contributed by atoms with Crippen LogP contribution in [0.15, 0.2) is 22.9 Å². The lowest BCUT2D eigenvalue weighted by molar-refractivity contribution is 0.0787. The van der Waals surface area contributed by atoms with E-state index >= 15 is 0 Å². The van der Waals surface area contributed by atoms with Crippen molar-refractivity contribution in [2.24, 2.45) is 0 Å². The van der Waals surface area contributed by atoms with Gasteiger partial charge < -0.3 is 9.64 Å². The van der Waals surface area contributed by atoms with Gasteiger partial charge >= 0.3 is 0 Å². The molecule has 0 radical (unpaired) electrons. The molecule has 2 rings (SSSR count). The highest BCUT2D eigenvalue weighted by atomic mass is 79.9. The Morgan fingerprint density at radius 3 is 3.38 bits per heavy atom. The molecule has 1 aromatic rings. The lowest BCUT2D eigenvalue weighted by atomic mass is 10.1. The molecular weight excluding hydrogens is 232 g/mol. The van der Waals surface area contributed by atoms with E-state index in [-0.39, 0.29) is 5.69 Å². The summed E-state index contributed by atoms with van der Waals surface area (Å²) in [5.41, 5.74) is 0.0661. The first-order valence-corrected chi connectivity index (χ1v) is 4.23. The molecule has 0 unspecified atom stereocenters. The molecule has 1 saturated heterocycles. The Balaban J connectivity index is 2.44. The molecule has 0 atom stereocenters. The van der Waals surface area contributed by atoms with Crippen LogP contribution >= 0.6 is 15.9 Å². The Bertz CT molecular complexity index is 547. The molecule has 1 aliphatic heterocycles. The normalized spacial score (nSPS) is 37.5. The van der Waals surface area contributed by atoms with E-state index in [1.165, 1.54) is 18.5 Å². The summed E-state index contributed by atoms with van der Waals surface area (Å²) < 4.78 is 65.2. The van der Waals surface area contributed by atoms with Crippen molar-refractivity contribution in [2.75, 3.05) is 24.9 Å². The first kappa shape index (κ1) is 3.51. The molecule has 0 aliphatic carbocycles. The molecule has 1 fully saturated rings. The van der Waals surface area contributed by atoms with E-state index in [4.69, 9.17) is 11.0 Å². The van der Waals surface area contributed by atoms with Crippen molar-refractivity contribution in [1.29, 1.82) is 0 Å². The summed E-state index contributed by atoms with van der Waals surface area (Å²) in [4.78, 5) is 4.44. The van der Waals surface area contributed by atoms with Gasteiger partial charge in [-0.25, -0.2) is 0 Å². The molecule has 2 heterocycles. The van der Waals surface area contributed by atoms with Crippen molar-refractivity contribution < 1.29 is 15.7 Å². The Labute approximate surface area is 97.1 Å². The van der Waals surface area contributed by atoms with Gasteiger partial charge in [0.05, 0.1) is 28.9 Å². The fourth-order valence-electron chi connectivity index (χ4n) is 0.901. The molecule has 0 N–H and O–H groups in total. The minimum Gasteiger partial charge on any atom is -0.378 e. The van der Waals surface area contributed by atoms with Crippen LogP contribution in [-0.2, 0) is 4.74 Å². The van der Waals surface area contributed by atoms with Crippen molar-refractivity contribution in [3.05, 3.63) is 22.9 Å². The van der Waals surface area contributed by atoms with E-state index in [1.54, 1.807) is 0 Å². The third kappa shape index (κ3) is 1.84. The highest BCUT2D eigenvalue weighted by Crippen LogP contribution is 2.23. The molecule has 0 saturated carbocycles. The number of anilines is 1. The summed E-state index contributed by atoms with van der Waals surface area (Å²) in [5, 5.41) is 0. The van der Waals surface area contributed by atoms with Crippen LogP contribution in [0.3, 0.4) is 0 Å². The molecule has 13 heavy (non-hydrogen) atoms. The van der Waals surface area contributed by atoms with Crippen LogP contribution in [-0.4, -0.2) is 31.1 Å². The van der Waals surface area contributed by atoms with Crippen molar-refractivity contribution in [2.45, 2.75) is 6.08 Å². The predicted molar refractivity (Wildman–Crippen MR) is 54.9 cm³/mol. The van der Waals surface area contributed by atoms with Crippen LogP contribution in [0, 0.1) is 0 Å². The maximum Gasteiger partial charge on any atom is 0.0920 e. The quantitative estimate of drug-likeness (QED) is 0.799. The summed E-state index contributed by atoms with van der Waals surface area (Å²) in [5.74, 6) is 0. The van der Waals surface area contributed by atoms with E-state index < -0.39 is 26.1 Å². The Kier molecular flexibility index (Phi) is 0.983. The Morgan fingerprint density at radius 1 is 1.85 bits per heavy atom. The van der Waals surface area contributed by atoms with Gasteiger partial charge in [0.1, 0.15) is 0 Å². The van der Waals surface area contributed by atoms with Gasteiger partial charge in [-0.1, -0.05) is 0 Å². The number of methoxy groups -OCH3 is 1. The van der Waals surface area contributed by atoms with Crippen LogP contribution in [0.5, 0.6) is 0 Å². The number of aromatic nitrogens is 1. The molecule has 1 aromatic heterocycles. The average molecular weight is 251 g/mol. The Morgan fingerprint density at radius 2 is 2.69 bits per heavy atom. The second kappa shape index (κ2) is 3.64. The molecule has 0 amide bonds. The van der Waals surface area contributed by atoms with Gasteiger partial charge in [0.15, 0.2) is 0 Å². The van der Waals surface area contributed by atoms with Crippen molar-refractivity contribution in [3.8, 4) is 0 Å². The van der Waals surface area contributed by atoms with Gasteiger partial charge in [-0.2, -0.15) is 0 Å². The van der Waals surface area contributed by atoms with Gasteiger partial charge in [-0.15, -0.1) is 0 Å². The monoisotopic (exact) mass is 250 g/mol. The standard InChI is InChI=1S/C9H11BrN2O/c1-13-9-5-12(6-9)8-2-7(10)3-11-4-8/h2-4,9H,5-6H2,1H3/i1D3,5D2,6D2,9D. The lowest BCUT2D eigenvalue weighted by Gasteiger charge is -2.39. The van der Waals surface area contributed by atoms with Gasteiger partial charge in [0.2, 0.25) is 0 Å². The topological polar surface area (TPSA) is 25.4 Å². The maximum absolute atomic E-state index is 7.87. The van der Waals surface area contributed by atoms with Crippen molar-refractivity contribution >= 4 is 21.6 Å². The van der Waals surface area contributed by atoms with Gasteiger partial charge in [0, 0.05) is 30.7 Å². The molecular formula is C9H11BrN2O. The molecule has 0 spiro atoms. The smallest absolute Gasteiger partial charge is 0.0920 e. The highest BCUT2D eigenvalue weighted by Gasteiger charge is 2.26. The largest absolute Gasteiger partial charge is 0.378 e. The Hall–Kier alpha value is -0.610. The van der Waals surface area contributed by atoms with E-state index in [1.807, 2.05) is 0 Å². The molecule has 3 nitrogen and oxygen atoms in total. The van der Waals surface area contributed by atoms with Crippen molar-refractivity contribution in [3.63, 3.8) is 0 Å². The molecule has 1 aliphatic rings. The van der Waals surface area contributed by atoms with Crippen LogP contribution in [0.1, 0.15) is 11.0 Å². The van der Waals surface area contributed by atoms with Gasteiger partial charge in [0.25, 0.3) is 0 Å². The van der Waals surface area contributed by atoms with E-state index in [9.17, 15) is 0 Å². The highest BCUT2D eigenvalue weighted by molar-refractivity contribution is 9.10. The lowest BCUT2D eigenvalue weighted by Crippen LogP contribution is -2.51. The molecule has 0 aromatic carbocycles. The number of ether oxygens (including phenoxy) is 1. The summed E-state index contributed by atoms with van der Waals surface area (Å²) in [6.07, 6.45) is -0.246. The zero-order chi connectivity index (χ0) is 16.3. The fourth-order valence-corrected chi connectivity index (χ4v) is 1.25. The van der Waals surface area contributed by atoms with Crippen LogP contribution in [0.4, 0.5) is 5.69 Å². The molecule has 70 valence electrons. The van der Waals surface area contributed by atoms with Gasteiger partial charge in [-0.05, 0) is 22.0 Å². The minimum absolute atomic E-state index is 0.0661. The third-order valence-corrected chi connectivity index (χ3v) is 1.91. The second-order valence-corrected chi connectivity index (χ2v) is 3.27. The SMILES string of the molecule is [2H]C([2H])([2H])OC1([2H])C([2H])([2H])N(c2cncc(Br)c2)C1([2H])[2H]. The van der Waals surface area contributed by atoms with Crippen LogP contribution < -0.4 is 4.90 Å².